The van der Waals surface area contributed by atoms with Crippen LogP contribution in [0.1, 0.15) is 30.4 Å². The first-order valence-electron chi connectivity index (χ1n) is 6.05. The molecule has 3 nitrogen and oxygen atoms in total. The second-order valence-electron chi connectivity index (χ2n) is 4.85. The predicted octanol–water partition coefficient (Wildman–Crippen LogP) is 2.62. The van der Waals surface area contributed by atoms with E-state index in [2.05, 4.69) is 5.32 Å². The molecule has 1 aromatic rings. The average molecular weight is 309 g/mol. The van der Waals surface area contributed by atoms with Gasteiger partial charge in [-0.15, -0.1) is 12.4 Å². The molecule has 1 saturated carbocycles. The molecular formula is C13H16ClF3N2O. The van der Waals surface area contributed by atoms with Gasteiger partial charge in [0.1, 0.15) is 0 Å². The summed E-state index contributed by atoms with van der Waals surface area (Å²) in [5.41, 5.74) is 4.23. The molecule has 2 rings (SSSR count). The summed E-state index contributed by atoms with van der Waals surface area (Å²) in [6, 6.07) is 5.19. The molecule has 0 unspecified atom stereocenters. The van der Waals surface area contributed by atoms with E-state index in [1.54, 1.807) is 0 Å². The van der Waals surface area contributed by atoms with E-state index in [0.29, 0.717) is 12.8 Å². The Hall–Kier alpha value is -1.27. The van der Waals surface area contributed by atoms with E-state index in [-0.39, 0.29) is 30.4 Å². The number of benzene rings is 1. The summed E-state index contributed by atoms with van der Waals surface area (Å²) >= 11 is 0. The average Bonchev–Trinajstić information content (AvgIpc) is 2.32. The highest BCUT2D eigenvalue weighted by molar-refractivity contribution is 5.87. The van der Waals surface area contributed by atoms with Crippen LogP contribution in [0.3, 0.4) is 0 Å². The van der Waals surface area contributed by atoms with E-state index in [1.807, 2.05) is 0 Å². The van der Waals surface area contributed by atoms with E-state index in [1.165, 1.54) is 18.2 Å². The number of hydrogen-bond acceptors (Lipinski definition) is 2. The summed E-state index contributed by atoms with van der Waals surface area (Å²) in [5.74, 6) is -0.379. The van der Waals surface area contributed by atoms with Crippen LogP contribution >= 0.6 is 12.4 Å². The number of nitrogens with one attached hydrogen (secondary N) is 1. The molecule has 3 N–H and O–H groups in total. The standard InChI is InChI=1S/C13H15F3N2O.ClH/c14-13(15,16)10-5-2-1-4-9(10)8-18-11(19)12(17)6-3-7-12;/h1-2,4-5H,3,6-8,17H2,(H,18,19);1H. The highest BCUT2D eigenvalue weighted by Gasteiger charge is 2.40. The summed E-state index contributed by atoms with van der Waals surface area (Å²) in [6.07, 6.45) is -2.37. The normalized spacial score (nSPS) is 16.8. The number of rotatable bonds is 3. The van der Waals surface area contributed by atoms with Gasteiger partial charge in [-0.1, -0.05) is 18.2 Å². The number of halogens is 4. The molecule has 0 heterocycles. The molecule has 1 aliphatic carbocycles. The zero-order valence-corrected chi connectivity index (χ0v) is 11.5. The maximum atomic E-state index is 12.7. The summed E-state index contributed by atoms with van der Waals surface area (Å²) < 4.78 is 38.2. The number of nitrogens with two attached hydrogens (primary N) is 1. The fourth-order valence-corrected chi connectivity index (χ4v) is 2.09. The lowest BCUT2D eigenvalue weighted by molar-refractivity contribution is -0.138. The highest BCUT2D eigenvalue weighted by atomic mass is 35.5. The number of amides is 1. The molecule has 0 aromatic heterocycles. The van der Waals surface area contributed by atoms with Crippen LogP contribution in [0, 0.1) is 0 Å². The molecule has 20 heavy (non-hydrogen) atoms. The number of carbonyl (C=O) groups is 1. The Morgan fingerprint density at radius 3 is 2.40 bits per heavy atom. The lowest BCUT2D eigenvalue weighted by Crippen LogP contribution is -2.58. The molecule has 0 bridgehead atoms. The van der Waals surface area contributed by atoms with Gasteiger partial charge in [-0.3, -0.25) is 4.79 Å². The van der Waals surface area contributed by atoms with Gasteiger partial charge in [-0.05, 0) is 30.9 Å². The van der Waals surface area contributed by atoms with Gasteiger partial charge in [0.15, 0.2) is 0 Å². The molecule has 112 valence electrons. The lowest BCUT2D eigenvalue weighted by Gasteiger charge is -2.36. The van der Waals surface area contributed by atoms with Crippen LogP contribution in [0.4, 0.5) is 13.2 Å². The Labute approximate surface area is 121 Å². The Kier molecular flexibility index (Phi) is 5.05. The number of alkyl halides is 3. The molecule has 7 heteroatoms. The van der Waals surface area contributed by atoms with Crippen LogP contribution < -0.4 is 11.1 Å². The van der Waals surface area contributed by atoms with Crippen molar-refractivity contribution in [1.82, 2.24) is 5.32 Å². The van der Waals surface area contributed by atoms with E-state index in [4.69, 9.17) is 5.73 Å². The minimum absolute atomic E-state index is 0. The van der Waals surface area contributed by atoms with Gasteiger partial charge >= 0.3 is 6.18 Å². The first-order chi connectivity index (χ1) is 8.83. The van der Waals surface area contributed by atoms with Crippen molar-refractivity contribution in [3.8, 4) is 0 Å². The molecule has 1 aliphatic rings. The van der Waals surface area contributed by atoms with Crippen LogP contribution in [-0.2, 0) is 17.5 Å². The van der Waals surface area contributed by atoms with Gasteiger partial charge in [0, 0.05) is 6.54 Å². The molecule has 1 aromatic carbocycles. The van der Waals surface area contributed by atoms with E-state index >= 15 is 0 Å². The fourth-order valence-electron chi connectivity index (χ4n) is 2.09. The zero-order chi connectivity index (χ0) is 14.1. The number of carbonyl (C=O) groups excluding carboxylic acids is 1. The maximum Gasteiger partial charge on any atom is 0.416 e. The van der Waals surface area contributed by atoms with Gasteiger partial charge in [-0.2, -0.15) is 13.2 Å². The first-order valence-corrected chi connectivity index (χ1v) is 6.05. The van der Waals surface area contributed by atoms with E-state index < -0.39 is 17.3 Å². The van der Waals surface area contributed by atoms with Crippen molar-refractivity contribution in [1.29, 1.82) is 0 Å². The third-order valence-corrected chi connectivity index (χ3v) is 3.46. The molecule has 0 atom stereocenters. The molecule has 1 fully saturated rings. The van der Waals surface area contributed by atoms with Crippen molar-refractivity contribution in [2.24, 2.45) is 5.73 Å². The van der Waals surface area contributed by atoms with Crippen molar-refractivity contribution < 1.29 is 18.0 Å². The van der Waals surface area contributed by atoms with Crippen molar-refractivity contribution in [2.75, 3.05) is 0 Å². The van der Waals surface area contributed by atoms with Crippen LogP contribution in [0.5, 0.6) is 0 Å². The van der Waals surface area contributed by atoms with Crippen molar-refractivity contribution in [3.63, 3.8) is 0 Å². The van der Waals surface area contributed by atoms with Crippen LogP contribution in [0.25, 0.3) is 0 Å². The Morgan fingerprint density at radius 1 is 1.30 bits per heavy atom. The van der Waals surface area contributed by atoms with Crippen molar-refractivity contribution in [2.45, 2.75) is 37.5 Å². The topological polar surface area (TPSA) is 55.1 Å². The largest absolute Gasteiger partial charge is 0.416 e. The summed E-state index contributed by atoms with van der Waals surface area (Å²) in [6.45, 7) is -0.159. The van der Waals surface area contributed by atoms with Gasteiger partial charge in [0.05, 0.1) is 11.1 Å². The van der Waals surface area contributed by atoms with Crippen molar-refractivity contribution in [3.05, 3.63) is 35.4 Å². The summed E-state index contributed by atoms with van der Waals surface area (Å²) in [7, 11) is 0. The maximum absolute atomic E-state index is 12.7. The smallest absolute Gasteiger partial charge is 0.350 e. The van der Waals surface area contributed by atoms with E-state index in [0.717, 1.165) is 12.5 Å². The quantitative estimate of drug-likeness (QED) is 0.902. The van der Waals surface area contributed by atoms with Gasteiger partial charge < -0.3 is 11.1 Å². The summed E-state index contributed by atoms with van der Waals surface area (Å²) in [5, 5.41) is 2.49. The summed E-state index contributed by atoms with van der Waals surface area (Å²) in [4.78, 5) is 11.8. The Bertz CT molecular complexity index is 487. The lowest BCUT2D eigenvalue weighted by atomic mass is 9.77. The molecule has 0 spiro atoms. The minimum atomic E-state index is -4.42. The predicted molar refractivity (Wildman–Crippen MR) is 71.3 cm³/mol. The second kappa shape index (κ2) is 6.01. The third kappa shape index (κ3) is 3.43. The second-order valence-corrected chi connectivity index (χ2v) is 4.85. The van der Waals surface area contributed by atoms with Gasteiger partial charge in [0.2, 0.25) is 5.91 Å². The molecule has 0 saturated heterocycles. The first kappa shape index (κ1) is 16.8. The van der Waals surface area contributed by atoms with Crippen LogP contribution in [-0.4, -0.2) is 11.4 Å². The third-order valence-electron chi connectivity index (χ3n) is 3.46. The minimum Gasteiger partial charge on any atom is -0.350 e. The monoisotopic (exact) mass is 308 g/mol. The van der Waals surface area contributed by atoms with Gasteiger partial charge in [-0.25, -0.2) is 0 Å². The zero-order valence-electron chi connectivity index (χ0n) is 10.7. The molecular weight excluding hydrogens is 293 g/mol. The molecule has 0 radical (unpaired) electrons. The molecule has 1 amide bonds. The van der Waals surface area contributed by atoms with Crippen molar-refractivity contribution >= 4 is 18.3 Å². The fraction of sp³-hybridized carbons (Fsp3) is 0.462. The highest BCUT2D eigenvalue weighted by Crippen LogP contribution is 2.32. The van der Waals surface area contributed by atoms with E-state index in [9.17, 15) is 18.0 Å². The van der Waals surface area contributed by atoms with Gasteiger partial charge in [0.25, 0.3) is 0 Å². The Morgan fingerprint density at radius 2 is 1.90 bits per heavy atom. The number of hydrogen-bond donors (Lipinski definition) is 2. The molecule has 0 aliphatic heterocycles. The Balaban J connectivity index is 0.00000200. The SMILES string of the molecule is Cl.NC1(C(=O)NCc2ccccc2C(F)(F)F)CCC1. The van der Waals surface area contributed by atoms with Crippen LogP contribution in [0.2, 0.25) is 0 Å². The van der Waals surface area contributed by atoms with Crippen LogP contribution in [0.15, 0.2) is 24.3 Å².